The number of nitro groups is 1. The maximum absolute atomic E-state index is 13.1. The molecule has 24 heavy (non-hydrogen) atoms. The van der Waals surface area contributed by atoms with Gasteiger partial charge in [0.05, 0.1) is 4.92 Å². The Balaban J connectivity index is 1.73. The van der Waals surface area contributed by atoms with E-state index in [1.807, 2.05) is 0 Å². The molecular weight excluding hydrogens is 311 g/mol. The molecule has 3 rings (SSSR count). The quantitative estimate of drug-likeness (QED) is 0.674. The Labute approximate surface area is 138 Å². The van der Waals surface area contributed by atoms with E-state index in [0.29, 0.717) is 17.7 Å². The van der Waals surface area contributed by atoms with E-state index in [4.69, 9.17) is 0 Å². The van der Waals surface area contributed by atoms with Gasteiger partial charge in [-0.25, -0.2) is 4.39 Å². The first-order valence-electron chi connectivity index (χ1n) is 7.71. The van der Waals surface area contributed by atoms with Crippen molar-refractivity contribution in [3.63, 3.8) is 0 Å². The highest BCUT2D eigenvalue weighted by Crippen LogP contribution is 2.47. The number of rotatable bonds is 5. The van der Waals surface area contributed by atoms with Crippen LogP contribution in [0.25, 0.3) is 0 Å². The summed E-state index contributed by atoms with van der Waals surface area (Å²) < 4.78 is 13.1. The van der Waals surface area contributed by atoms with Crippen LogP contribution in [0.3, 0.4) is 0 Å². The van der Waals surface area contributed by atoms with Crippen LogP contribution in [0.15, 0.2) is 42.5 Å². The molecule has 0 bridgehead atoms. The molecule has 0 radical (unpaired) electrons. The first-order valence-corrected chi connectivity index (χ1v) is 7.71. The van der Waals surface area contributed by atoms with Crippen molar-refractivity contribution in [3.8, 4) is 0 Å². The van der Waals surface area contributed by atoms with Crippen molar-refractivity contribution in [2.24, 2.45) is 0 Å². The van der Waals surface area contributed by atoms with Gasteiger partial charge >= 0.3 is 0 Å². The maximum Gasteiger partial charge on any atom is 0.273 e. The fourth-order valence-electron chi connectivity index (χ4n) is 2.93. The topological polar surface area (TPSA) is 72.2 Å². The Hall–Kier alpha value is -2.76. The molecule has 0 heterocycles. The molecule has 2 aromatic carbocycles. The van der Waals surface area contributed by atoms with Crippen LogP contribution in [-0.4, -0.2) is 17.4 Å². The predicted octanol–water partition coefficient (Wildman–Crippen LogP) is 3.50. The average molecular weight is 328 g/mol. The van der Waals surface area contributed by atoms with Crippen molar-refractivity contribution in [2.45, 2.75) is 25.2 Å². The number of hydrogen-bond acceptors (Lipinski definition) is 3. The highest BCUT2D eigenvalue weighted by Gasteiger charge is 2.44. The van der Waals surface area contributed by atoms with Crippen LogP contribution < -0.4 is 5.32 Å². The van der Waals surface area contributed by atoms with Crippen LogP contribution in [0.2, 0.25) is 0 Å². The Morgan fingerprint density at radius 3 is 2.50 bits per heavy atom. The lowest BCUT2D eigenvalue weighted by Gasteiger charge is -2.17. The number of benzene rings is 2. The van der Waals surface area contributed by atoms with Crippen molar-refractivity contribution in [1.29, 1.82) is 0 Å². The first-order chi connectivity index (χ1) is 11.4. The zero-order chi connectivity index (χ0) is 17.3. The summed E-state index contributed by atoms with van der Waals surface area (Å²) in [6, 6.07) is 10.8. The molecule has 0 aromatic heterocycles. The number of nitrogens with one attached hydrogen (secondary N) is 1. The molecule has 6 heteroatoms. The summed E-state index contributed by atoms with van der Waals surface area (Å²) >= 11 is 0. The van der Waals surface area contributed by atoms with E-state index in [1.54, 1.807) is 25.1 Å². The molecule has 1 amide bonds. The molecular formula is C18H17FN2O3. The Kier molecular flexibility index (Phi) is 4.05. The average Bonchev–Trinajstić information content (AvgIpc) is 3.34. The minimum absolute atomic E-state index is 0.0673. The van der Waals surface area contributed by atoms with Crippen molar-refractivity contribution in [3.05, 3.63) is 75.1 Å². The third kappa shape index (κ3) is 2.99. The Morgan fingerprint density at radius 1 is 1.25 bits per heavy atom. The van der Waals surface area contributed by atoms with Gasteiger partial charge in [0.25, 0.3) is 11.6 Å². The first kappa shape index (κ1) is 16.1. The third-order valence-electron chi connectivity index (χ3n) is 4.64. The van der Waals surface area contributed by atoms with Gasteiger partial charge in [-0.3, -0.25) is 14.9 Å². The van der Waals surface area contributed by atoms with Crippen molar-refractivity contribution in [1.82, 2.24) is 5.32 Å². The SMILES string of the molecule is Cc1c(C(=O)NCC2(c3ccc(F)cc3)CC2)cccc1[N+](=O)[O-]. The van der Waals surface area contributed by atoms with Crippen LogP contribution in [0.4, 0.5) is 10.1 Å². The molecule has 1 aliphatic rings. The van der Waals surface area contributed by atoms with E-state index >= 15 is 0 Å². The number of nitrogens with zero attached hydrogens (tertiary/aromatic N) is 1. The highest BCUT2D eigenvalue weighted by molar-refractivity contribution is 5.96. The maximum atomic E-state index is 13.1. The number of carbonyl (C=O) groups is 1. The van der Waals surface area contributed by atoms with E-state index < -0.39 is 4.92 Å². The largest absolute Gasteiger partial charge is 0.351 e. The normalized spacial score (nSPS) is 14.9. The Bertz CT molecular complexity index is 798. The minimum atomic E-state index is -0.493. The fraction of sp³-hybridized carbons (Fsp3) is 0.278. The second-order valence-electron chi connectivity index (χ2n) is 6.18. The van der Waals surface area contributed by atoms with Crippen LogP contribution >= 0.6 is 0 Å². The zero-order valence-electron chi connectivity index (χ0n) is 13.2. The van der Waals surface area contributed by atoms with E-state index in [-0.39, 0.29) is 22.8 Å². The van der Waals surface area contributed by atoms with Crippen LogP contribution in [-0.2, 0) is 5.41 Å². The molecule has 0 spiro atoms. The number of amides is 1. The molecule has 124 valence electrons. The molecule has 1 saturated carbocycles. The summed E-state index contributed by atoms with van der Waals surface area (Å²) in [5, 5.41) is 13.8. The van der Waals surface area contributed by atoms with Gasteiger partial charge in [-0.05, 0) is 43.5 Å². The van der Waals surface area contributed by atoms with E-state index in [1.165, 1.54) is 24.3 Å². The summed E-state index contributed by atoms with van der Waals surface area (Å²) in [4.78, 5) is 22.9. The van der Waals surface area contributed by atoms with Gasteiger partial charge in [0.1, 0.15) is 5.82 Å². The summed E-state index contributed by atoms with van der Waals surface area (Å²) in [6.45, 7) is 2.00. The number of carbonyl (C=O) groups excluding carboxylic acids is 1. The van der Waals surface area contributed by atoms with Gasteiger partial charge in [0.15, 0.2) is 0 Å². The molecule has 0 atom stereocenters. The molecule has 5 nitrogen and oxygen atoms in total. The standard InChI is InChI=1S/C18H17FN2O3/c1-12-15(3-2-4-16(12)21(23)24)17(22)20-11-18(9-10-18)13-5-7-14(19)8-6-13/h2-8H,9-11H2,1H3,(H,20,22). The summed E-state index contributed by atoms with van der Waals surface area (Å²) in [5.41, 5.74) is 1.44. The zero-order valence-corrected chi connectivity index (χ0v) is 13.2. The smallest absolute Gasteiger partial charge is 0.273 e. The van der Waals surface area contributed by atoms with Crippen LogP contribution in [0.5, 0.6) is 0 Å². The van der Waals surface area contributed by atoms with E-state index in [9.17, 15) is 19.3 Å². The lowest BCUT2D eigenvalue weighted by molar-refractivity contribution is -0.385. The molecule has 1 N–H and O–H groups in total. The molecule has 2 aromatic rings. The van der Waals surface area contributed by atoms with E-state index in [2.05, 4.69) is 5.32 Å². The summed E-state index contributed by atoms with van der Waals surface area (Å²) in [5.74, 6) is -0.615. The monoisotopic (exact) mass is 328 g/mol. The number of halogens is 1. The van der Waals surface area contributed by atoms with Crippen LogP contribution in [0, 0.1) is 22.9 Å². The van der Waals surface area contributed by atoms with Gasteiger partial charge in [0, 0.05) is 29.2 Å². The molecule has 0 aliphatic heterocycles. The van der Waals surface area contributed by atoms with Crippen molar-refractivity contribution >= 4 is 11.6 Å². The molecule has 0 unspecified atom stereocenters. The van der Waals surface area contributed by atoms with Crippen molar-refractivity contribution < 1.29 is 14.1 Å². The molecule has 0 saturated heterocycles. The summed E-state index contributed by atoms with van der Waals surface area (Å²) in [7, 11) is 0. The Morgan fingerprint density at radius 2 is 1.92 bits per heavy atom. The lowest BCUT2D eigenvalue weighted by atomic mass is 9.95. The number of hydrogen-bond donors (Lipinski definition) is 1. The second-order valence-corrected chi connectivity index (χ2v) is 6.18. The molecule has 1 aliphatic carbocycles. The van der Waals surface area contributed by atoms with Gasteiger partial charge in [-0.15, -0.1) is 0 Å². The van der Waals surface area contributed by atoms with Crippen molar-refractivity contribution in [2.75, 3.05) is 6.54 Å². The molecule has 1 fully saturated rings. The fourth-order valence-corrected chi connectivity index (χ4v) is 2.93. The lowest BCUT2D eigenvalue weighted by Crippen LogP contribution is -2.32. The third-order valence-corrected chi connectivity index (χ3v) is 4.64. The van der Waals surface area contributed by atoms with Gasteiger partial charge in [0.2, 0.25) is 0 Å². The van der Waals surface area contributed by atoms with Crippen LogP contribution in [0.1, 0.15) is 34.3 Å². The van der Waals surface area contributed by atoms with Gasteiger partial charge < -0.3 is 5.32 Å². The number of nitro benzene ring substituents is 1. The highest BCUT2D eigenvalue weighted by atomic mass is 19.1. The van der Waals surface area contributed by atoms with Gasteiger partial charge in [-0.1, -0.05) is 18.2 Å². The van der Waals surface area contributed by atoms with Gasteiger partial charge in [-0.2, -0.15) is 0 Å². The summed E-state index contributed by atoms with van der Waals surface area (Å²) in [6.07, 6.45) is 1.85. The predicted molar refractivity (Wildman–Crippen MR) is 87.5 cm³/mol. The van der Waals surface area contributed by atoms with E-state index in [0.717, 1.165) is 18.4 Å². The second kappa shape index (κ2) is 6.03. The minimum Gasteiger partial charge on any atom is -0.351 e.